The Kier molecular flexibility index (Phi) is 2.65. The van der Waals surface area contributed by atoms with Gasteiger partial charge in [0, 0.05) is 12.1 Å². The van der Waals surface area contributed by atoms with Gasteiger partial charge in [0.05, 0.1) is 12.6 Å². The second kappa shape index (κ2) is 3.81. The first kappa shape index (κ1) is 10.4. The molecule has 15 heavy (non-hydrogen) atoms. The van der Waals surface area contributed by atoms with E-state index in [-0.39, 0.29) is 30.6 Å². The van der Waals surface area contributed by atoms with Crippen LogP contribution in [-0.4, -0.2) is 41.5 Å². The lowest BCUT2D eigenvalue weighted by Crippen LogP contribution is -2.56. The Labute approximate surface area is 89.2 Å². The predicted octanol–water partition coefficient (Wildman–Crippen LogP) is 0.0672. The van der Waals surface area contributed by atoms with E-state index in [4.69, 9.17) is 0 Å². The molecule has 2 fully saturated rings. The van der Waals surface area contributed by atoms with Crippen molar-refractivity contribution in [3.05, 3.63) is 0 Å². The highest BCUT2D eigenvalue weighted by Gasteiger charge is 2.39. The second-order valence-electron chi connectivity index (χ2n) is 4.42. The van der Waals surface area contributed by atoms with Gasteiger partial charge in [-0.3, -0.25) is 9.69 Å². The highest BCUT2D eigenvalue weighted by molar-refractivity contribution is 6.02. The number of carbonyl (C=O) groups is 2. The number of imide groups is 1. The third-order valence-corrected chi connectivity index (χ3v) is 3.23. The molecule has 5 nitrogen and oxygen atoms in total. The van der Waals surface area contributed by atoms with E-state index in [1.807, 2.05) is 6.92 Å². The van der Waals surface area contributed by atoms with Crippen molar-refractivity contribution >= 4 is 11.9 Å². The van der Waals surface area contributed by atoms with Crippen molar-refractivity contribution in [1.82, 2.24) is 15.5 Å². The third kappa shape index (κ3) is 1.84. The molecule has 0 spiro atoms. The summed E-state index contributed by atoms with van der Waals surface area (Å²) in [6, 6.07) is 0.419. The van der Waals surface area contributed by atoms with Crippen molar-refractivity contribution in [1.29, 1.82) is 0 Å². The molecule has 2 heterocycles. The molecule has 0 aromatic heterocycles. The Bertz CT molecular complexity index is 276. The minimum atomic E-state index is -0.242. The quantitative estimate of drug-likeness (QED) is 0.603. The molecule has 3 atom stereocenters. The summed E-state index contributed by atoms with van der Waals surface area (Å²) in [4.78, 5) is 24.4. The summed E-state index contributed by atoms with van der Waals surface area (Å²) < 4.78 is 0. The van der Waals surface area contributed by atoms with Gasteiger partial charge in [0.15, 0.2) is 0 Å². The zero-order chi connectivity index (χ0) is 11.0. The molecular formula is C10H17N3O2. The van der Waals surface area contributed by atoms with E-state index in [0.717, 1.165) is 12.8 Å². The number of carbonyl (C=O) groups excluding carboxylic acids is 2. The number of piperidine rings is 1. The summed E-state index contributed by atoms with van der Waals surface area (Å²) >= 11 is 0. The van der Waals surface area contributed by atoms with Gasteiger partial charge in [-0.15, -0.1) is 0 Å². The van der Waals surface area contributed by atoms with Crippen molar-refractivity contribution in [2.45, 2.75) is 44.8 Å². The summed E-state index contributed by atoms with van der Waals surface area (Å²) in [7, 11) is 0. The van der Waals surface area contributed by atoms with Crippen molar-refractivity contribution in [2.75, 3.05) is 6.54 Å². The first-order valence-corrected chi connectivity index (χ1v) is 5.45. The summed E-state index contributed by atoms with van der Waals surface area (Å²) in [5.74, 6) is -0.104. The third-order valence-electron chi connectivity index (χ3n) is 3.23. The zero-order valence-electron chi connectivity index (χ0n) is 9.12. The van der Waals surface area contributed by atoms with Crippen LogP contribution >= 0.6 is 0 Å². The fourth-order valence-corrected chi connectivity index (χ4v) is 2.44. The Morgan fingerprint density at radius 3 is 2.53 bits per heavy atom. The van der Waals surface area contributed by atoms with Crippen molar-refractivity contribution in [3.63, 3.8) is 0 Å². The topological polar surface area (TPSA) is 61.4 Å². The summed E-state index contributed by atoms with van der Waals surface area (Å²) in [5.41, 5.74) is 0. The number of urea groups is 1. The van der Waals surface area contributed by atoms with Crippen molar-refractivity contribution in [3.8, 4) is 0 Å². The number of nitrogens with zero attached hydrogens (tertiary/aromatic N) is 1. The smallest absolute Gasteiger partial charge is 0.324 e. The Balaban J connectivity index is 2.09. The second-order valence-corrected chi connectivity index (χ2v) is 4.42. The minimum Gasteiger partial charge on any atom is -0.329 e. The van der Waals surface area contributed by atoms with E-state index in [2.05, 4.69) is 17.6 Å². The van der Waals surface area contributed by atoms with Crippen LogP contribution in [0, 0.1) is 0 Å². The van der Waals surface area contributed by atoms with E-state index in [0.29, 0.717) is 6.04 Å². The molecule has 3 amide bonds. The Morgan fingerprint density at radius 1 is 1.27 bits per heavy atom. The summed E-state index contributed by atoms with van der Waals surface area (Å²) in [5, 5.41) is 5.93. The zero-order valence-corrected chi connectivity index (χ0v) is 9.12. The van der Waals surface area contributed by atoms with Gasteiger partial charge in [0.25, 0.3) is 0 Å². The first-order valence-electron chi connectivity index (χ1n) is 5.45. The molecule has 2 aliphatic heterocycles. The van der Waals surface area contributed by atoms with Crippen LogP contribution in [0.15, 0.2) is 0 Å². The first-order chi connectivity index (χ1) is 7.09. The van der Waals surface area contributed by atoms with Gasteiger partial charge in [-0.05, 0) is 26.7 Å². The predicted molar refractivity (Wildman–Crippen MR) is 55.3 cm³/mol. The Morgan fingerprint density at radius 2 is 2.00 bits per heavy atom. The molecule has 2 aliphatic rings. The van der Waals surface area contributed by atoms with E-state index in [9.17, 15) is 9.59 Å². The van der Waals surface area contributed by atoms with Crippen LogP contribution in [0.1, 0.15) is 26.7 Å². The highest BCUT2D eigenvalue weighted by atomic mass is 16.2. The molecule has 2 rings (SSSR count). The van der Waals surface area contributed by atoms with Gasteiger partial charge in [-0.1, -0.05) is 0 Å². The fourth-order valence-electron chi connectivity index (χ4n) is 2.44. The van der Waals surface area contributed by atoms with Crippen LogP contribution in [0.5, 0.6) is 0 Å². The molecular weight excluding hydrogens is 194 g/mol. The van der Waals surface area contributed by atoms with Gasteiger partial charge >= 0.3 is 6.03 Å². The summed E-state index contributed by atoms with van der Waals surface area (Å²) in [6.07, 6.45) is 1.90. The monoisotopic (exact) mass is 211 g/mol. The molecule has 3 unspecified atom stereocenters. The molecule has 84 valence electrons. The average molecular weight is 211 g/mol. The molecule has 0 aromatic carbocycles. The van der Waals surface area contributed by atoms with Crippen LogP contribution in [0.2, 0.25) is 0 Å². The normalized spacial score (nSPS) is 36.9. The fraction of sp³-hybridized carbons (Fsp3) is 0.800. The van der Waals surface area contributed by atoms with Gasteiger partial charge < -0.3 is 10.6 Å². The maximum Gasteiger partial charge on any atom is 0.324 e. The van der Waals surface area contributed by atoms with Gasteiger partial charge in [-0.25, -0.2) is 4.79 Å². The van der Waals surface area contributed by atoms with Crippen LogP contribution in [0.3, 0.4) is 0 Å². The van der Waals surface area contributed by atoms with Crippen LogP contribution in [-0.2, 0) is 4.79 Å². The SMILES string of the molecule is CC1CCC(N2C(=O)CNC2=O)C(C)N1. The number of nitrogens with one attached hydrogen (secondary N) is 2. The van der Waals surface area contributed by atoms with Gasteiger partial charge in [-0.2, -0.15) is 0 Å². The Hall–Kier alpha value is -1.10. The lowest BCUT2D eigenvalue weighted by molar-refractivity contribution is -0.127. The molecule has 0 aromatic rings. The molecule has 0 aliphatic carbocycles. The highest BCUT2D eigenvalue weighted by Crippen LogP contribution is 2.20. The van der Waals surface area contributed by atoms with Crippen molar-refractivity contribution < 1.29 is 9.59 Å². The largest absolute Gasteiger partial charge is 0.329 e. The van der Waals surface area contributed by atoms with Gasteiger partial charge in [0.1, 0.15) is 0 Å². The maximum atomic E-state index is 11.5. The molecule has 0 radical (unpaired) electrons. The molecule has 2 N–H and O–H groups in total. The lowest BCUT2D eigenvalue weighted by Gasteiger charge is -2.37. The maximum absolute atomic E-state index is 11.5. The van der Waals surface area contributed by atoms with E-state index in [1.54, 1.807) is 0 Å². The molecule has 0 saturated carbocycles. The molecule has 2 saturated heterocycles. The standard InChI is InChI=1S/C10H17N3O2/c1-6-3-4-8(7(2)12-6)13-9(14)5-11-10(13)15/h6-8,12H,3-5H2,1-2H3,(H,11,15). The minimum absolute atomic E-state index is 0.0104. The number of amides is 3. The lowest BCUT2D eigenvalue weighted by atomic mass is 9.94. The molecule has 0 bridgehead atoms. The number of rotatable bonds is 1. The van der Waals surface area contributed by atoms with Crippen molar-refractivity contribution in [2.24, 2.45) is 0 Å². The van der Waals surface area contributed by atoms with E-state index >= 15 is 0 Å². The molecule has 5 heteroatoms. The average Bonchev–Trinajstić information content (AvgIpc) is 2.48. The van der Waals surface area contributed by atoms with Crippen LogP contribution < -0.4 is 10.6 Å². The van der Waals surface area contributed by atoms with Crippen LogP contribution in [0.4, 0.5) is 4.79 Å². The summed E-state index contributed by atoms with van der Waals surface area (Å²) in [6.45, 7) is 4.30. The number of hydrogen-bond acceptors (Lipinski definition) is 3. The van der Waals surface area contributed by atoms with E-state index in [1.165, 1.54) is 4.90 Å². The number of hydrogen-bond donors (Lipinski definition) is 2. The van der Waals surface area contributed by atoms with Gasteiger partial charge in [0.2, 0.25) is 5.91 Å². The van der Waals surface area contributed by atoms with Crippen LogP contribution in [0.25, 0.3) is 0 Å². The van der Waals surface area contributed by atoms with E-state index < -0.39 is 0 Å².